The molecule has 5 heteroatoms. The first kappa shape index (κ1) is 27.2. The van der Waals surface area contributed by atoms with Crippen molar-refractivity contribution in [1.29, 1.82) is 0 Å². The summed E-state index contributed by atoms with van der Waals surface area (Å²) in [6, 6.07) is 0. The number of ether oxygens (including phenoxy) is 1. The Morgan fingerprint density at radius 2 is 1.74 bits per heavy atom. The van der Waals surface area contributed by atoms with E-state index < -0.39 is 11.4 Å². The van der Waals surface area contributed by atoms with Crippen LogP contribution in [0.5, 0.6) is 0 Å². The zero-order valence-electron chi connectivity index (χ0n) is 22.4. The van der Waals surface area contributed by atoms with E-state index in [0.29, 0.717) is 30.6 Å². The fourth-order valence-corrected chi connectivity index (χ4v) is 8.46. The van der Waals surface area contributed by atoms with Crippen LogP contribution in [0.4, 0.5) is 0 Å². The number of rotatable bonds is 9. The molecule has 5 nitrogen and oxygen atoms in total. The highest BCUT2D eigenvalue weighted by atomic mass is 16.5. The number of carbonyl (C=O) groups excluding carboxylic acids is 2. The first-order chi connectivity index (χ1) is 15.9. The van der Waals surface area contributed by atoms with Crippen LogP contribution in [0.15, 0.2) is 0 Å². The first-order valence-electron chi connectivity index (χ1n) is 13.8. The maximum absolute atomic E-state index is 13.4. The minimum atomic E-state index is -0.739. The second-order valence-corrected chi connectivity index (χ2v) is 12.8. The van der Waals surface area contributed by atoms with Crippen LogP contribution in [0.1, 0.15) is 112 Å². The van der Waals surface area contributed by atoms with Crippen molar-refractivity contribution < 1.29 is 24.2 Å². The normalized spacial score (nSPS) is 39.0. The van der Waals surface area contributed by atoms with E-state index in [2.05, 4.69) is 34.6 Å². The third-order valence-corrected chi connectivity index (χ3v) is 10.2. The number of Topliss-reactive ketones (excluding diaryl/α,β-unsaturated/α-hetero) is 1. The average molecular weight is 477 g/mol. The lowest BCUT2D eigenvalue weighted by Crippen LogP contribution is -2.52. The fraction of sp³-hybridized carbons (Fsp3) is 0.897. The zero-order valence-corrected chi connectivity index (χ0v) is 22.4. The average Bonchev–Trinajstić information content (AvgIpc) is 3.07. The molecule has 0 amide bonds. The van der Waals surface area contributed by atoms with E-state index in [1.165, 1.54) is 32.6 Å². The van der Waals surface area contributed by atoms with Gasteiger partial charge in [0.15, 0.2) is 0 Å². The van der Waals surface area contributed by atoms with Crippen LogP contribution in [-0.2, 0) is 19.1 Å². The lowest BCUT2D eigenvalue weighted by molar-refractivity contribution is -0.159. The van der Waals surface area contributed by atoms with Crippen LogP contribution in [0.3, 0.4) is 0 Å². The third-order valence-electron chi connectivity index (χ3n) is 10.2. The molecule has 3 aliphatic rings. The van der Waals surface area contributed by atoms with Crippen molar-refractivity contribution in [3.8, 4) is 0 Å². The maximum Gasteiger partial charge on any atom is 0.303 e. The van der Waals surface area contributed by atoms with Crippen LogP contribution in [0.25, 0.3) is 0 Å². The molecule has 0 saturated heterocycles. The van der Waals surface area contributed by atoms with Gasteiger partial charge in [-0.2, -0.15) is 0 Å². The van der Waals surface area contributed by atoms with Crippen molar-refractivity contribution >= 4 is 17.7 Å². The molecular weight excluding hydrogens is 428 g/mol. The predicted molar refractivity (Wildman–Crippen MR) is 133 cm³/mol. The summed E-state index contributed by atoms with van der Waals surface area (Å²) in [5, 5.41) is 9.88. The second-order valence-electron chi connectivity index (χ2n) is 12.8. The van der Waals surface area contributed by atoms with E-state index in [4.69, 9.17) is 4.74 Å². The molecule has 3 fully saturated rings. The van der Waals surface area contributed by atoms with Gasteiger partial charge in [0, 0.05) is 25.2 Å². The van der Waals surface area contributed by atoms with E-state index in [1.54, 1.807) is 0 Å². The molecule has 0 spiro atoms. The highest BCUT2D eigenvalue weighted by Gasteiger charge is 2.59. The summed E-state index contributed by atoms with van der Waals surface area (Å²) in [6.07, 6.45) is 9.57. The van der Waals surface area contributed by atoms with Crippen LogP contribution in [0.2, 0.25) is 0 Å². The number of aliphatic carboxylic acids is 1. The molecule has 194 valence electrons. The monoisotopic (exact) mass is 476 g/mol. The maximum atomic E-state index is 13.4. The molecule has 0 aromatic heterocycles. The summed E-state index contributed by atoms with van der Waals surface area (Å²) in [7, 11) is 0. The lowest BCUT2D eigenvalue weighted by Gasteiger charge is -2.55. The van der Waals surface area contributed by atoms with Gasteiger partial charge in [-0.25, -0.2) is 0 Å². The molecule has 3 rings (SSSR count). The number of hydrogen-bond donors (Lipinski definition) is 1. The Morgan fingerprint density at radius 3 is 2.32 bits per heavy atom. The Morgan fingerprint density at radius 1 is 1.03 bits per heavy atom. The summed E-state index contributed by atoms with van der Waals surface area (Å²) in [5.74, 6) is 1.64. The molecule has 3 saturated carbocycles. The predicted octanol–water partition coefficient (Wildman–Crippen LogP) is 6.67. The molecule has 0 aromatic carbocycles. The van der Waals surface area contributed by atoms with Gasteiger partial charge in [0.25, 0.3) is 0 Å². The summed E-state index contributed by atoms with van der Waals surface area (Å²) < 4.78 is 5.35. The molecule has 0 radical (unpaired) electrons. The standard InChI is InChI=1S/C29H48O5/c1-18(2)8-7-9-19(3)23-10-11-24-22(17-27(32)33)25(13-15-28(23,24)5)29(6)14-12-21(16-26(29)31)34-20(4)30/h18-19,21-25H,7-17H2,1-6H3,(H,32,33)/t19-,21+,22-,23-,24+,25+,28-,29+/m1/s1. The number of carboxylic acid groups (broad SMARTS) is 1. The van der Waals surface area contributed by atoms with E-state index in [1.807, 2.05) is 0 Å². The van der Waals surface area contributed by atoms with Crippen molar-refractivity contribution in [2.75, 3.05) is 0 Å². The minimum absolute atomic E-state index is 0.0448. The van der Waals surface area contributed by atoms with Crippen LogP contribution in [0, 0.1) is 46.3 Å². The van der Waals surface area contributed by atoms with Crippen LogP contribution in [-0.4, -0.2) is 28.9 Å². The first-order valence-corrected chi connectivity index (χ1v) is 13.8. The molecule has 0 unspecified atom stereocenters. The van der Waals surface area contributed by atoms with Crippen LogP contribution >= 0.6 is 0 Å². The van der Waals surface area contributed by atoms with Crippen molar-refractivity contribution in [3.05, 3.63) is 0 Å². The SMILES string of the molecule is CC(=O)O[C@H]1CC[C@@](C)([C@H]2CC[C@]3(C)[C@@H]([C@H](C)CCCC(C)C)CC[C@H]3[C@H]2CC(=O)O)C(=O)C1. The van der Waals surface area contributed by atoms with Gasteiger partial charge in [-0.15, -0.1) is 0 Å². The van der Waals surface area contributed by atoms with Gasteiger partial charge in [-0.1, -0.05) is 53.9 Å². The van der Waals surface area contributed by atoms with Gasteiger partial charge in [0.1, 0.15) is 11.9 Å². The Bertz CT molecular complexity index is 760. The summed E-state index contributed by atoms with van der Waals surface area (Å²) >= 11 is 0. The number of hydrogen-bond acceptors (Lipinski definition) is 4. The molecular formula is C29H48O5. The quantitative estimate of drug-likeness (QED) is 0.376. The highest BCUT2D eigenvalue weighted by Crippen LogP contribution is 2.65. The highest BCUT2D eigenvalue weighted by molar-refractivity contribution is 5.86. The number of esters is 1. The fourth-order valence-electron chi connectivity index (χ4n) is 8.46. The van der Waals surface area contributed by atoms with Gasteiger partial charge in [-0.05, 0) is 79.4 Å². The van der Waals surface area contributed by atoms with Gasteiger partial charge in [0.05, 0.1) is 0 Å². The third kappa shape index (κ3) is 5.54. The number of fused-ring (bicyclic) bond motifs is 1. The van der Waals surface area contributed by atoms with E-state index in [-0.39, 0.29) is 47.9 Å². The molecule has 3 aliphatic carbocycles. The molecule has 0 aromatic rings. The van der Waals surface area contributed by atoms with Gasteiger partial charge in [-0.3, -0.25) is 14.4 Å². The van der Waals surface area contributed by atoms with Gasteiger partial charge < -0.3 is 9.84 Å². The molecule has 0 heterocycles. The number of carbonyl (C=O) groups is 3. The summed E-state index contributed by atoms with van der Waals surface area (Å²) in [6.45, 7) is 12.9. The van der Waals surface area contributed by atoms with Gasteiger partial charge in [0.2, 0.25) is 0 Å². The largest absolute Gasteiger partial charge is 0.481 e. The van der Waals surface area contributed by atoms with Crippen molar-refractivity contribution in [1.82, 2.24) is 0 Å². The molecule has 0 bridgehead atoms. The molecule has 0 aliphatic heterocycles. The van der Waals surface area contributed by atoms with Crippen LogP contribution < -0.4 is 0 Å². The smallest absolute Gasteiger partial charge is 0.303 e. The molecule has 1 N–H and O–H groups in total. The van der Waals surface area contributed by atoms with E-state index in [0.717, 1.165) is 25.2 Å². The Kier molecular flexibility index (Phi) is 8.56. The zero-order chi connectivity index (χ0) is 25.3. The number of carboxylic acids is 1. The van der Waals surface area contributed by atoms with Crippen molar-refractivity contribution in [2.24, 2.45) is 46.3 Å². The Hall–Kier alpha value is -1.39. The second kappa shape index (κ2) is 10.7. The van der Waals surface area contributed by atoms with Crippen molar-refractivity contribution in [2.45, 2.75) is 118 Å². The van der Waals surface area contributed by atoms with E-state index in [9.17, 15) is 19.5 Å². The van der Waals surface area contributed by atoms with Crippen molar-refractivity contribution in [3.63, 3.8) is 0 Å². The lowest BCUT2D eigenvalue weighted by atomic mass is 9.49. The number of ketones is 1. The summed E-state index contributed by atoms with van der Waals surface area (Å²) in [4.78, 5) is 36.8. The topological polar surface area (TPSA) is 80.7 Å². The minimum Gasteiger partial charge on any atom is -0.481 e. The van der Waals surface area contributed by atoms with Gasteiger partial charge >= 0.3 is 11.9 Å². The molecule has 34 heavy (non-hydrogen) atoms. The Balaban J connectivity index is 1.78. The molecule has 8 atom stereocenters. The summed E-state index contributed by atoms with van der Waals surface area (Å²) in [5.41, 5.74) is -0.346. The van der Waals surface area contributed by atoms with E-state index >= 15 is 0 Å². The Labute approximate surface area is 206 Å².